The summed E-state index contributed by atoms with van der Waals surface area (Å²) in [5, 5.41) is 10.6. The van der Waals surface area contributed by atoms with Gasteiger partial charge in [0.25, 0.3) is 0 Å². The number of nitrogens with two attached hydrogens (primary N) is 4. The van der Waals surface area contributed by atoms with Crippen molar-refractivity contribution in [1.29, 1.82) is 0 Å². The van der Waals surface area contributed by atoms with Crippen LogP contribution in [0.4, 0.5) is 0 Å². The first-order chi connectivity index (χ1) is 3.63. The van der Waals surface area contributed by atoms with E-state index in [0.717, 1.165) is 21.6 Å². The Morgan fingerprint density at radius 3 is 1.38 bits per heavy atom. The molecule has 0 amide bonds. The molecule has 46 valence electrons. The minimum Gasteiger partial charge on any atom is -0.281 e. The second-order valence-electron chi connectivity index (χ2n) is 0.971. The van der Waals surface area contributed by atoms with E-state index in [1.807, 2.05) is 0 Å². The van der Waals surface area contributed by atoms with Crippen molar-refractivity contribution in [3.63, 3.8) is 0 Å². The molecule has 0 rings (SSSR count). The number of rotatable bonds is 0. The van der Waals surface area contributed by atoms with Crippen molar-refractivity contribution >= 4 is 31.9 Å². The number of amidine groups is 2. The summed E-state index contributed by atoms with van der Waals surface area (Å²) in [6.07, 6.45) is 0. The fourth-order valence-corrected chi connectivity index (χ4v) is 0.866. The van der Waals surface area contributed by atoms with Crippen LogP contribution in [-0.2, 0) is 0 Å². The molecule has 0 aromatic carbocycles. The molecule has 0 aromatic rings. The zero-order valence-electron chi connectivity index (χ0n) is 4.13. The molecule has 4 nitrogen and oxygen atoms in total. The third-order valence-electron chi connectivity index (χ3n) is 0.234. The van der Waals surface area contributed by atoms with Crippen molar-refractivity contribution in [3.05, 3.63) is 0 Å². The lowest BCUT2D eigenvalue weighted by Crippen LogP contribution is -2.45. The van der Waals surface area contributed by atoms with Gasteiger partial charge in [0.15, 0.2) is 0 Å². The van der Waals surface area contributed by atoms with Gasteiger partial charge in [-0.15, -0.1) is 0 Å². The van der Waals surface area contributed by atoms with E-state index in [9.17, 15) is 0 Å². The van der Waals surface area contributed by atoms with E-state index in [2.05, 4.69) is 0 Å². The van der Waals surface area contributed by atoms with Crippen molar-refractivity contribution in [2.24, 2.45) is 11.5 Å². The van der Waals surface area contributed by atoms with Gasteiger partial charge < -0.3 is 0 Å². The highest BCUT2D eigenvalue weighted by atomic mass is 33.1. The summed E-state index contributed by atoms with van der Waals surface area (Å²) in [5.41, 5.74) is 10.1. The van der Waals surface area contributed by atoms with Crippen molar-refractivity contribution in [2.45, 2.75) is 0 Å². The number of hydrogen-bond donors (Lipinski definition) is 4. The van der Waals surface area contributed by atoms with Gasteiger partial charge in [-0.25, -0.2) is 0 Å². The second-order valence-corrected chi connectivity index (χ2v) is 3.25. The van der Waals surface area contributed by atoms with E-state index < -0.39 is 0 Å². The van der Waals surface area contributed by atoms with Gasteiger partial charge in [0.1, 0.15) is 0 Å². The van der Waals surface area contributed by atoms with Gasteiger partial charge in [-0.1, -0.05) is 0 Å². The van der Waals surface area contributed by atoms with Crippen LogP contribution in [0.15, 0.2) is 0 Å². The first kappa shape index (κ1) is 7.64. The third kappa shape index (κ3) is 5.64. The van der Waals surface area contributed by atoms with Crippen LogP contribution in [0.2, 0.25) is 0 Å². The van der Waals surface area contributed by atoms with E-state index in [1.165, 1.54) is 0 Å². The summed E-state index contributed by atoms with van der Waals surface area (Å²) < 4.78 is 0. The second kappa shape index (κ2) is 3.62. The maximum atomic E-state index is 5.05. The predicted molar refractivity (Wildman–Crippen MR) is 37.4 cm³/mol. The van der Waals surface area contributed by atoms with Crippen molar-refractivity contribution in [2.75, 3.05) is 0 Å². The van der Waals surface area contributed by atoms with E-state index in [4.69, 9.17) is 22.3 Å². The Morgan fingerprint density at radius 2 is 1.25 bits per heavy atom. The third-order valence-corrected chi connectivity index (χ3v) is 2.11. The molecule has 8 N–H and O–H groups in total. The summed E-state index contributed by atoms with van der Waals surface area (Å²) in [7, 11) is 2.28. The molecule has 0 saturated heterocycles. The predicted octanol–water partition coefficient (Wildman–Crippen LogP) is -3.48. The van der Waals surface area contributed by atoms with Crippen LogP contribution in [0.1, 0.15) is 0 Å². The van der Waals surface area contributed by atoms with E-state index in [-0.39, 0.29) is 10.3 Å². The molecule has 0 fully saturated rings. The van der Waals surface area contributed by atoms with E-state index in [0.29, 0.717) is 0 Å². The van der Waals surface area contributed by atoms with Crippen molar-refractivity contribution in [3.8, 4) is 0 Å². The molecular weight excluding hydrogens is 144 g/mol. The maximum absolute atomic E-state index is 5.05. The molecule has 0 aliphatic rings. The lowest BCUT2D eigenvalue weighted by atomic mass is 11.4. The van der Waals surface area contributed by atoms with Gasteiger partial charge in [-0.2, -0.15) is 0 Å². The molecule has 0 spiro atoms. The first-order valence-electron chi connectivity index (χ1n) is 1.73. The molecule has 0 unspecified atom stereocenters. The van der Waals surface area contributed by atoms with Gasteiger partial charge in [0.05, 0.1) is 0 Å². The molecule has 0 atom stereocenters. The molecule has 0 aliphatic carbocycles. The molecule has 0 aromatic heterocycles. The fraction of sp³-hybridized carbons (Fsp3) is 0. The van der Waals surface area contributed by atoms with Crippen LogP contribution >= 0.6 is 21.6 Å². The van der Waals surface area contributed by atoms with E-state index in [1.54, 1.807) is 0 Å². The Labute approximate surface area is 54.8 Å². The Hall–Kier alpha value is -0.360. The van der Waals surface area contributed by atoms with Crippen LogP contribution in [0.5, 0.6) is 0 Å². The summed E-state index contributed by atoms with van der Waals surface area (Å²) in [6, 6.07) is 0. The monoisotopic (exact) mass is 152 g/mol. The summed E-state index contributed by atoms with van der Waals surface area (Å²) in [6.45, 7) is 0. The Kier molecular flexibility index (Phi) is 3.46. The molecule has 8 heavy (non-hydrogen) atoms. The van der Waals surface area contributed by atoms with Crippen LogP contribution in [0, 0.1) is 0 Å². The Bertz CT molecular complexity index is 96.6. The van der Waals surface area contributed by atoms with Crippen molar-refractivity contribution in [1.82, 2.24) is 0 Å². The van der Waals surface area contributed by atoms with Gasteiger partial charge in [0, 0.05) is 21.6 Å². The topological polar surface area (TPSA) is 103 Å². The van der Waals surface area contributed by atoms with Gasteiger partial charge in [-0.3, -0.25) is 22.3 Å². The highest BCUT2D eigenvalue weighted by Gasteiger charge is 2.01. The molecular formula is C2H8N4S2+2. The quantitative estimate of drug-likeness (QED) is 0.164. The average Bonchev–Trinajstić information content (AvgIpc) is 1.61. The zero-order valence-corrected chi connectivity index (χ0v) is 5.76. The minimum atomic E-state index is 0.253. The highest BCUT2D eigenvalue weighted by Crippen LogP contribution is 2.15. The van der Waals surface area contributed by atoms with Crippen LogP contribution < -0.4 is 22.3 Å². The maximum Gasteiger partial charge on any atom is 0.311 e. The Morgan fingerprint density at radius 1 is 1.00 bits per heavy atom. The zero-order chi connectivity index (χ0) is 6.57. The van der Waals surface area contributed by atoms with Crippen molar-refractivity contribution < 1.29 is 10.8 Å². The minimum absolute atomic E-state index is 0.253. The average molecular weight is 152 g/mol. The molecule has 6 heteroatoms. The summed E-state index contributed by atoms with van der Waals surface area (Å²) >= 11 is 0. The molecule has 0 aliphatic heterocycles. The molecule has 0 bridgehead atoms. The molecule has 0 saturated carbocycles. The summed E-state index contributed by atoms with van der Waals surface area (Å²) in [4.78, 5) is 0. The van der Waals surface area contributed by atoms with Gasteiger partial charge in [-0.05, 0) is 0 Å². The van der Waals surface area contributed by atoms with E-state index >= 15 is 0 Å². The largest absolute Gasteiger partial charge is 0.311 e. The normalized spacial score (nSPS) is 8.50. The molecule has 0 heterocycles. The van der Waals surface area contributed by atoms with Crippen LogP contribution in [0.3, 0.4) is 0 Å². The van der Waals surface area contributed by atoms with Gasteiger partial charge >= 0.3 is 10.3 Å². The first-order valence-corrected chi connectivity index (χ1v) is 3.88. The fourth-order valence-electron chi connectivity index (χ4n) is 0.0962. The standard InChI is InChI=1S/C2H6N4S2/c3-1(4)7-8-2(5)6/h(H3,3,4)(H3,5,6)/p+2. The molecule has 0 radical (unpaired) electrons. The SMILES string of the molecule is NC(=[NH2+])SSC(N)=[NH2+]. The summed E-state index contributed by atoms with van der Waals surface area (Å²) in [5.74, 6) is 0. The lowest BCUT2D eigenvalue weighted by molar-refractivity contribution is -0.111. The highest BCUT2D eigenvalue weighted by molar-refractivity contribution is 8.87. The lowest BCUT2D eigenvalue weighted by Gasteiger charge is -1.82. The van der Waals surface area contributed by atoms with Crippen LogP contribution in [0.25, 0.3) is 0 Å². The number of hydrogen-bond acceptors (Lipinski definition) is 2. The smallest absolute Gasteiger partial charge is 0.281 e. The van der Waals surface area contributed by atoms with Crippen LogP contribution in [-0.4, -0.2) is 10.3 Å². The van der Waals surface area contributed by atoms with Gasteiger partial charge in [0.2, 0.25) is 0 Å². The Balaban J connectivity index is 3.18.